The second kappa shape index (κ2) is 8.68. The fourth-order valence-electron chi connectivity index (χ4n) is 2.10. The Hall–Kier alpha value is -2.09. The average Bonchev–Trinajstić information content (AvgIpc) is 2.54. The SMILES string of the molecule is CS(=O)(=O)Nc1ccc(C(O)CNCCOc2ccccc2)cc1. The number of hydrogen-bond donors (Lipinski definition) is 3. The quantitative estimate of drug-likeness (QED) is 0.600. The first-order valence-corrected chi connectivity index (χ1v) is 9.47. The molecule has 0 radical (unpaired) electrons. The molecule has 2 aromatic rings. The van der Waals surface area contributed by atoms with Gasteiger partial charge in [0.25, 0.3) is 0 Å². The Bertz CT molecular complexity index is 718. The van der Waals surface area contributed by atoms with Crippen LogP contribution in [0.2, 0.25) is 0 Å². The van der Waals surface area contributed by atoms with Gasteiger partial charge in [0, 0.05) is 18.8 Å². The Morgan fingerprint density at radius 3 is 2.38 bits per heavy atom. The van der Waals surface area contributed by atoms with Gasteiger partial charge in [0.05, 0.1) is 12.4 Å². The number of nitrogens with one attached hydrogen (secondary N) is 2. The van der Waals surface area contributed by atoms with E-state index >= 15 is 0 Å². The van der Waals surface area contributed by atoms with Crippen molar-refractivity contribution in [2.45, 2.75) is 6.10 Å². The maximum Gasteiger partial charge on any atom is 0.229 e. The molecule has 2 aromatic carbocycles. The first-order valence-electron chi connectivity index (χ1n) is 7.58. The predicted octanol–water partition coefficient (Wildman–Crippen LogP) is 1.76. The number of rotatable bonds is 9. The van der Waals surface area contributed by atoms with Crippen LogP contribution in [0.4, 0.5) is 5.69 Å². The second-order valence-electron chi connectivity index (χ2n) is 5.38. The standard InChI is InChI=1S/C17H22N2O4S/c1-24(21,22)19-15-9-7-14(8-10-15)17(20)13-18-11-12-23-16-5-3-2-4-6-16/h2-10,17-20H,11-13H2,1H3. The van der Waals surface area contributed by atoms with Gasteiger partial charge in [-0.3, -0.25) is 4.72 Å². The smallest absolute Gasteiger partial charge is 0.229 e. The number of ether oxygens (including phenoxy) is 1. The molecule has 0 saturated heterocycles. The van der Waals surface area contributed by atoms with E-state index in [1.165, 1.54) is 0 Å². The van der Waals surface area contributed by atoms with Crippen molar-refractivity contribution >= 4 is 15.7 Å². The van der Waals surface area contributed by atoms with Crippen LogP contribution in [0.15, 0.2) is 54.6 Å². The fraction of sp³-hybridized carbons (Fsp3) is 0.294. The van der Waals surface area contributed by atoms with Crippen LogP contribution in [0.3, 0.4) is 0 Å². The third kappa shape index (κ3) is 6.57. The van der Waals surface area contributed by atoms with E-state index in [2.05, 4.69) is 10.0 Å². The summed E-state index contributed by atoms with van der Waals surface area (Å²) >= 11 is 0. The number of anilines is 1. The second-order valence-corrected chi connectivity index (χ2v) is 7.13. The summed E-state index contributed by atoms with van der Waals surface area (Å²) in [4.78, 5) is 0. The number of aliphatic hydroxyl groups is 1. The number of benzene rings is 2. The summed E-state index contributed by atoms with van der Waals surface area (Å²) in [7, 11) is -3.29. The topological polar surface area (TPSA) is 87.7 Å². The first-order chi connectivity index (χ1) is 11.4. The predicted molar refractivity (Wildman–Crippen MR) is 94.7 cm³/mol. The van der Waals surface area contributed by atoms with E-state index in [-0.39, 0.29) is 0 Å². The van der Waals surface area contributed by atoms with Crippen LogP contribution < -0.4 is 14.8 Å². The number of aliphatic hydroxyl groups excluding tert-OH is 1. The highest BCUT2D eigenvalue weighted by atomic mass is 32.2. The lowest BCUT2D eigenvalue weighted by Crippen LogP contribution is -2.26. The number of para-hydroxylation sites is 1. The van der Waals surface area contributed by atoms with Gasteiger partial charge >= 0.3 is 0 Å². The molecule has 0 aromatic heterocycles. The summed E-state index contributed by atoms with van der Waals surface area (Å²) in [5.74, 6) is 0.814. The molecule has 0 fully saturated rings. The molecule has 3 N–H and O–H groups in total. The molecular formula is C17H22N2O4S. The zero-order chi connectivity index (χ0) is 17.4. The molecule has 0 saturated carbocycles. The van der Waals surface area contributed by atoms with Gasteiger partial charge < -0.3 is 15.2 Å². The molecular weight excluding hydrogens is 328 g/mol. The normalized spacial score (nSPS) is 12.6. The minimum Gasteiger partial charge on any atom is -0.492 e. The highest BCUT2D eigenvalue weighted by molar-refractivity contribution is 7.92. The first kappa shape index (κ1) is 18.3. The van der Waals surface area contributed by atoms with Crippen LogP contribution in [0.5, 0.6) is 5.75 Å². The lowest BCUT2D eigenvalue weighted by molar-refractivity contribution is 0.172. The Kier molecular flexibility index (Phi) is 6.60. The van der Waals surface area contributed by atoms with Crippen molar-refractivity contribution in [2.75, 3.05) is 30.7 Å². The maximum absolute atomic E-state index is 11.1. The van der Waals surface area contributed by atoms with E-state index in [4.69, 9.17) is 4.74 Å². The monoisotopic (exact) mass is 350 g/mol. The third-order valence-corrected chi connectivity index (χ3v) is 3.83. The van der Waals surface area contributed by atoms with Gasteiger partial charge in [-0.25, -0.2) is 8.42 Å². The summed E-state index contributed by atoms with van der Waals surface area (Å²) in [6.45, 7) is 1.50. The molecule has 0 aliphatic heterocycles. The molecule has 0 aliphatic carbocycles. The van der Waals surface area contributed by atoms with Gasteiger partial charge in [0.15, 0.2) is 0 Å². The van der Waals surface area contributed by atoms with E-state index in [9.17, 15) is 13.5 Å². The third-order valence-electron chi connectivity index (χ3n) is 3.23. The van der Waals surface area contributed by atoms with Crippen molar-refractivity contribution in [3.05, 3.63) is 60.2 Å². The van der Waals surface area contributed by atoms with E-state index in [0.29, 0.717) is 30.9 Å². The van der Waals surface area contributed by atoms with Crippen molar-refractivity contribution in [2.24, 2.45) is 0 Å². The molecule has 0 aliphatic rings. The molecule has 24 heavy (non-hydrogen) atoms. The molecule has 6 nitrogen and oxygen atoms in total. The van der Waals surface area contributed by atoms with Gasteiger partial charge in [0.2, 0.25) is 10.0 Å². The van der Waals surface area contributed by atoms with Crippen molar-refractivity contribution < 1.29 is 18.3 Å². The zero-order valence-corrected chi connectivity index (χ0v) is 14.3. The van der Waals surface area contributed by atoms with Crippen molar-refractivity contribution in [3.63, 3.8) is 0 Å². The number of hydrogen-bond acceptors (Lipinski definition) is 5. The summed E-state index contributed by atoms with van der Waals surface area (Å²) in [5.41, 5.74) is 1.18. The molecule has 7 heteroatoms. The Labute approximate surface area is 142 Å². The van der Waals surface area contributed by atoms with Gasteiger partial charge in [-0.15, -0.1) is 0 Å². The Morgan fingerprint density at radius 2 is 1.75 bits per heavy atom. The minimum atomic E-state index is -3.29. The molecule has 1 atom stereocenters. The van der Waals surface area contributed by atoms with Crippen LogP contribution in [0.25, 0.3) is 0 Å². The van der Waals surface area contributed by atoms with E-state index in [0.717, 1.165) is 12.0 Å². The summed E-state index contributed by atoms with van der Waals surface area (Å²) < 4.78 is 30.2. The van der Waals surface area contributed by atoms with E-state index in [1.54, 1.807) is 24.3 Å². The van der Waals surface area contributed by atoms with Crippen molar-refractivity contribution in [1.82, 2.24) is 5.32 Å². The van der Waals surface area contributed by atoms with Crippen LogP contribution in [-0.2, 0) is 10.0 Å². The molecule has 130 valence electrons. The summed E-state index contributed by atoms with van der Waals surface area (Å²) in [6, 6.07) is 16.2. The van der Waals surface area contributed by atoms with Gasteiger partial charge in [-0.2, -0.15) is 0 Å². The molecule has 0 spiro atoms. The van der Waals surface area contributed by atoms with Crippen LogP contribution >= 0.6 is 0 Å². The lowest BCUT2D eigenvalue weighted by atomic mass is 10.1. The Balaban J connectivity index is 1.71. The van der Waals surface area contributed by atoms with Gasteiger partial charge in [-0.05, 0) is 29.8 Å². The molecule has 0 bridgehead atoms. The fourth-order valence-corrected chi connectivity index (χ4v) is 2.67. The van der Waals surface area contributed by atoms with E-state index in [1.807, 2.05) is 30.3 Å². The molecule has 0 heterocycles. The van der Waals surface area contributed by atoms with Crippen LogP contribution in [0, 0.1) is 0 Å². The molecule has 2 rings (SSSR count). The van der Waals surface area contributed by atoms with Crippen LogP contribution in [0.1, 0.15) is 11.7 Å². The lowest BCUT2D eigenvalue weighted by Gasteiger charge is -2.13. The molecule has 1 unspecified atom stereocenters. The van der Waals surface area contributed by atoms with Crippen molar-refractivity contribution in [3.8, 4) is 5.75 Å². The van der Waals surface area contributed by atoms with E-state index < -0.39 is 16.1 Å². The Morgan fingerprint density at radius 1 is 1.08 bits per heavy atom. The highest BCUT2D eigenvalue weighted by Gasteiger charge is 2.08. The van der Waals surface area contributed by atoms with Gasteiger partial charge in [0.1, 0.15) is 12.4 Å². The molecule has 0 amide bonds. The largest absolute Gasteiger partial charge is 0.492 e. The van der Waals surface area contributed by atoms with Gasteiger partial charge in [-0.1, -0.05) is 30.3 Å². The summed E-state index contributed by atoms with van der Waals surface area (Å²) in [5, 5.41) is 13.2. The van der Waals surface area contributed by atoms with Crippen LogP contribution in [-0.4, -0.2) is 39.5 Å². The highest BCUT2D eigenvalue weighted by Crippen LogP contribution is 2.16. The number of sulfonamides is 1. The maximum atomic E-state index is 11.1. The minimum absolute atomic E-state index is 0.386. The zero-order valence-electron chi connectivity index (χ0n) is 13.5. The van der Waals surface area contributed by atoms with Crippen molar-refractivity contribution in [1.29, 1.82) is 0 Å². The summed E-state index contributed by atoms with van der Waals surface area (Å²) in [6.07, 6.45) is 0.422. The average molecular weight is 350 g/mol.